The largest absolute Gasteiger partial charge is 0.312 e. The fraction of sp³-hybridized carbons (Fsp3) is 0.294. The molecule has 0 saturated heterocycles. The molecule has 0 heterocycles. The lowest BCUT2D eigenvalue weighted by Gasteiger charge is -2.12. The van der Waals surface area contributed by atoms with Crippen LogP contribution in [0.25, 0.3) is 0 Å². The van der Waals surface area contributed by atoms with Crippen LogP contribution in [0.1, 0.15) is 19.4 Å². The lowest BCUT2D eigenvalue weighted by molar-refractivity contribution is 0.550. The van der Waals surface area contributed by atoms with Crippen LogP contribution in [0.15, 0.2) is 56.7 Å². The van der Waals surface area contributed by atoms with Crippen molar-refractivity contribution in [3.63, 3.8) is 0 Å². The second-order valence-electron chi connectivity index (χ2n) is 5.33. The van der Waals surface area contributed by atoms with Gasteiger partial charge in [-0.25, -0.2) is 4.39 Å². The summed E-state index contributed by atoms with van der Waals surface area (Å²) in [6.07, 6.45) is 0. The zero-order valence-corrected chi connectivity index (χ0v) is 14.6. The summed E-state index contributed by atoms with van der Waals surface area (Å²) in [7, 11) is 0. The quantitative estimate of drug-likeness (QED) is 0.724. The first kappa shape index (κ1) is 16.5. The predicted octanol–water partition coefficient (Wildman–Crippen LogP) is 5.49. The topological polar surface area (TPSA) is 12.0 Å². The molecule has 0 fully saturated rings. The van der Waals surface area contributed by atoms with Crippen LogP contribution in [0.3, 0.4) is 0 Å². The Kier molecular flexibility index (Phi) is 6.27. The van der Waals surface area contributed by atoms with Crippen LogP contribution in [0.2, 0.25) is 0 Å². The number of nitrogens with one attached hydrogen (secondary N) is 1. The third-order valence-corrected chi connectivity index (χ3v) is 4.54. The van der Waals surface area contributed by atoms with Crippen molar-refractivity contribution in [2.75, 3.05) is 6.54 Å². The lowest BCUT2D eigenvalue weighted by Crippen LogP contribution is -2.19. The maximum absolute atomic E-state index is 13.0. The third kappa shape index (κ3) is 5.46. The van der Waals surface area contributed by atoms with Crippen LogP contribution in [-0.4, -0.2) is 6.54 Å². The average molecular weight is 368 g/mol. The highest BCUT2D eigenvalue weighted by Crippen LogP contribution is 2.32. The molecule has 0 aromatic heterocycles. The number of rotatable bonds is 6. The maximum atomic E-state index is 13.0. The SMILES string of the molecule is CC(C)CNCc1ccc(Br)cc1Sc1ccc(F)cc1. The maximum Gasteiger partial charge on any atom is 0.123 e. The molecule has 0 atom stereocenters. The van der Waals surface area contributed by atoms with E-state index in [1.807, 2.05) is 12.1 Å². The monoisotopic (exact) mass is 367 g/mol. The van der Waals surface area contributed by atoms with E-state index in [1.165, 1.54) is 22.6 Å². The van der Waals surface area contributed by atoms with Gasteiger partial charge in [0, 0.05) is 20.8 Å². The minimum absolute atomic E-state index is 0.201. The normalized spacial score (nSPS) is 11.1. The first-order valence-corrected chi connectivity index (χ1v) is 8.58. The molecule has 112 valence electrons. The van der Waals surface area contributed by atoms with Crippen LogP contribution >= 0.6 is 27.7 Å². The highest BCUT2D eigenvalue weighted by Gasteiger charge is 2.06. The summed E-state index contributed by atoms with van der Waals surface area (Å²) in [6.45, 7) is 6.23. The van der Waals surface area contributed by atoms with Crippen LogP contribution < -0.4 is 5.32 Å². The van der Waals surface area contributed by atoms with Crippen LogP contribution in [0.5, 0.6) is 0 Å². The second-order valence-corrected chi connectivity index (χ2v) is 7.36. The summed E-state index contributed by atoms with van der Waals surface area (Å²) in [6, 6.07) is 12.9. The van der Waals surface area contributed by atoms with Crippen LogP contribution in [-0.2, 0) is 6.54 Å². The molecule has 0 amide bonds. The Morgan fingerprint density at radius 2 is 1.86 bits per heavy atom. The summed E-state index contributed by atoms with van der Waals surface area (Å²) >= 11 is 5.18. The van der Waals surface area contributed by atoms with Gasteiger partial charge in [0.25, 0.3) is 0 Å². The minimum Gasteiger partial charge on any atom is -0.312 e. The van der Waals surface area contributed by atoms with Crippen molar-refractivity contribution in [2.24, 2.45) is 5.92 Å². The molecule has 0 bridgehead atoms. The van der Waals surface area contributed by atoms with E-state index in [1.54, 1.807) is 11.8 Å². The van der Waals surface area contributed by atoms with E-state index in [4.69, 9.17) is 0 Å². The Bertz CT molecular complexity index is 584. The number of hydrogen-bond acceptors (Lipinski definition) is 2. The molecule has 2 aromatic carbocycles. The van der Waals surface area contributed by atoms with E-state index in [2.05, 4.69) is 53.3 Å². The molecule has 0 aliphatic heterocycles. The summed E-state index contributed by atoms with van der Waals surface area (Å²) in [5.74, 6) is 0.432. The molecule has 0 aliphatic rings. The summed E-state index contributed by atoms with van der Waals surface area (Å²) in [5, 5.41) is 3.47. The Morgan fingerprint density at radius 3 is 2.52 bits per heavy atom. The minimum atomic E-state index is -0.201. The van der Waals surface area contributed by atoms with Gasteiger partial charge in [-0.05, 0) is 54.4 Å². The van der Waals surface area contributed by atoms with Crippen molar-refractivity contribution >= 4 is 27.7 Å². The van der Waals surface area contributed by atoms with Crippen LogP contribution in [0.4, 0.5) is 4.39 Å². The molecule has 0 spiro atoms. The van der Waals surface area contributed by atoms with Crippen molar-refractivity contribution in [3.8, 4) is 0 Å². The first-order chi connectivity index (χ1) is 10.0. The van der Waals surface area contributed by atoms with E-state index in [0.29, 0.717) is 5.92 Å². The Balaban J connectivity index is 2.12. The molecule has 0 aliphatic carbocycles. The van der Waals surface area contributed by atoms with Crippen molar-refractivity contribution in [2.45, 2.75) is 30.2 Å². The van der Waals surface area contributed by atoms with Gasteiger partial charge in [-0.2, -0.15) is 0 Å². The van der Waals surface area contributed by atoms with E-state index >= 15 is 0 Å². The van der Waals surface area contributed by atoms with Gasteiger partial charge in [-0.1, -0.05) is 47.6 Å². The van der Waals surface area contributed by atoms with Crippen molar-refractivity contribution in [1.82, 2.24) is 5.32 Å². The van der Waals surface area contributed by atoms with Gasteiger partial charge in [0.15, 0.2) is 0 Å². The molecule has 1 nitrogen and oxygen atoms in total. The smallest absolute Gasteiger partial charge is 0.123 e. The summed E-state index contributed by atoms with van der Waals surface area (Å²) in [4.78, 5) is 2.23. The molecule has 0 unspecified atom stereocenters. The molecule has 1 N–H and O–H groups in total. The Labute approximate surface area is 138 Å². The summed E-state index contributed by atoms with van der Waals surface area (Å²) < 4.78 is 14.0. The van der Waals surface area contributed by atoms with E-state index in [-0.39, 0.29) is 5.82 Å². The number of benzene rings is 2. The van der Waals surface area contributed by atoms with Crippen molar-refractivity contribution in [1.29, 1.82) is 0 Å². The van der Waals surface area contributed by atoms with Crippen molar-refractivity contribution in [3.05, 3.63) is 58.3 Å². The average Bonchev–Trinajstić information content (AvgIpc) is 2.43. The van der Waals surface area contributed by atoms with Crippen molar-refractivity contribution < 1.29 is 4.39 Å². The van der Waals surface area contributed by atoms with Gasteiger partial charge in [0.1, 0.15) is 5.82 Å². The second kappa shape index (κ2) is 7.97. The van der Waals surface area contributed by atoms with Gasteiger partial charge in [-0.3, -0.25) is 0 Å². The Hall–Kier alpha value is -0.840. The lowest BCUT2D eigenvalue weighted by atomic mass is 10.2. The van der Waals surface area contributed by atoms with Gasteiger partial charge in [-0.15, -0.1) is 0 Å². The van der Waals surface area contributed by atoms with Crippen LogP contribution in [0, 0.1) is 11.7 Å². The fourth-order valence-corrected chi connectivity index (χ4v) is 3.39. The van der Waals surface area contributed by atoms with Gasteiger partial charge < -0.3 is 5.32 Å². The number of halogens is 2. The fourth-order valence-electron chi connectivity index (χ4n) is 1.89. The molecule has 0 radical (unpaired) electrons. The van der Waals surface area contributed by atoms with E-state index < -0.39 is 0 Å². The predicted molar refractivity (Wildman–Crippen MR) is 91.2 cm³/mol. The molecule has 2 rings (SSSR count). The van der Waals surface area contributed by atoms with Gasteiger partial charge >= 0.3 is 0 Å². The molecule has 0 saturated carbocycles. The summed E-state index contributed by atoms with van der Waals surface area (Å²) in [5.41, 5.74) is 1.26. The van der Waals surface area contributed by atoms with E-state index in [9.17, 15) is 4.39 Å². The standard InChI is InChI=1S/C17H19BrFNS/c1-12(2)10-20-11-13-3-4-14(18)9-17(13)21-16-7-5-15(19)6-8-16/h3-9,12,20H,10-11H2,1-2H3. The molecule has 21 heavy (non-hydrogen) atoms. The number of hydrogen-bond donors (Lipinski definition) is 1. The molecule has 2 aromatic rings. The molecule has 4 heteroatoms. The zero-order valence-electron chi connectivity index (χ0n) is 12.2. The molecular formula is C17H19BrFNS. The van der Waals surface area contributed by atoms with E-state index in [0.717, 1.165) is 22.5 Å². The third-order valence-electron chi connectivity index (χ3n) is 2.94. The highest BCUT2D eigenvalue weighted by molar-refractivity contribution is 9.10. The zero-order chi connectivity index (χ0) is 15.2. The highest BCUT2D eigenvalue weighted by atomic mass is 79.9. The molecular weight excluding hydrogens is 349 g/mol. The Morgan fingerprint density at radius 1 is 1.14 bits per heavy atom. The first-order valence-electron chi connectivity index (χ1n) is 6.97. The van der Waals surface area contributed by atoms with Gasteiger partial charge in [0.05, 0.1) is 0 Å². The van der Waals surface area contributed by atoms with Gasteiger partial charge in [0.2, 0.25) is 0 Å².